The van der Waals surface area contributed by atoms with Crippen molar-refractivity contribution in [2.24, 2.45) is 0 Å². The van der Waals surface area contributed by atoms with Crippen LogP contribution in [0.15, 0.2) is 59.5 Å². The number of amides is 1. The lowest BCUT2D eigenvalue weighted by atomic mass is 10.2. The van der Waals surface area contributed by atoms with Gasteiger partial charge in [-0.15, -0.1) is 11.8 Å². The van der Waals surface area contributed by atoms with Crippen LogP contribution in [-0.4, -0.2) is 10.9 Å². The maximum Gasteiger partial charge on any atom is 0.221 e. The van der Waals surface area contributed by atoms with Crippen LogP contribution in [0.25, 0.3) is 10.9 Å². The first kappa shape index (κ1) is 15.6. The fourth-order valence-corrected chi connectivity index (χ4v) is 3.54. The predicted octanol–water partition coefficient (Wildman–Crippen LogP) is 4.79. The molecule has 1 aromatic heterocycles. The van der Waals surface area contributed by atoms with E-state index >= 15 is 0 Å². The highest BCUT2D eigenvalue weighted by molar-refractivity contribution is 7.98. The second kappa shape index (κ2) is 6.84. The van der Waals surface area contributed by atoms with Crippen molar-refractivity contribution in [3.63, 3.8) is 0 Å². The molecule has 0 aliphatic heterocycles. The molecular weight excluding hydrogens is 304 g/mol. The molecule has 23 heavy (non-hydrogen) atoms. The molecule has 0 saturated carbocycles. The van der Waals surface area contributed by atoms with E-state index in [1.165, 1.54) is 17.4 Å². The number of hydrogen-bond acceptors (Lipinski definition) is 3. The van der Waals surface area contributed by atoms with Gasteiger partial charge in [-0.25, -0.2) is 0 Å². The lowest BCUT2D eigenvalue weighted by Gasteiger charge is -2.10. The van der Waals surface area contributed by atoms with E-state index in [0.717, 1.165) is 28.0 Å². The highest BCUT2D eigenvalue weighted by atomic mass is 32.2. The minimum absolute atomic E-state index is 0.0668. The largest absolute Gasteiger partial charge is 0.326 e. The van der Waals surface area contributed by atoms with Crippen LogP contribution in [0.3, 0.4) is 0 Å². The topological polar surface area (TPSA) is 42.0 Å². The van der Waals surface area contributed by atoms with Crippen molar-refractivity contribution in [1.29, 1.82) is 0 Å². The maximum absolute atomic E-state index is 11.3. The van der Waals surface area contributed by atoms with Crippen LogP contribution >= 0.6 is 11.8 Å². The highest BCUT2D eigenvalue weighted by Gasteiger charge is 2.07. The molecular formula is C19H18N2OS. The van der Waals surface area contributed by atoms with E-state index in [-0.39, 0.29) is 5.91 Å². The van der Waals surface area contributed by atoms with Gasteiger partial charge in [-0.05, 0) is 36.8 Å². The number of fused-ring (bicyclic) bond motifs is 1. The number of aromatic nitrogens is 1. The van der Waals surface area contributed by atoms with E-state index in [1.54, 1.807) is 11.8 Å². The van der Waals surface area contributed by atoms with Crippen molar-refractivity contribution in [3.05, 3.63) is 65.9 Å². The zero-order chi connectivity index (χ0) is 16.2. The number of rotatable bonds is 4. The lowest BCUT2D eigenvalue weighted by molar-refractivity contribution is -0.114. The summed E-state index contributed by atoms with van der Waals surface area (Å²) in [6.45, 7) is 3.52. The number of benzene rings is 2. The molecule has 0 fully saturated rings. The van der Waals surface area contributed by atoms with Gasteiger partial charge in [-0.2, -0.15) is 0 Å². The van der Waals surface area contributed by atoms with Crippen LogP contribution in [0.1, 0.15) is 18.2 Å². The number of nitrogens with one attached hydrogen (secondary N) is 1. The molecule has 0 saturated heterocycles. The van der Waals surface area contributed by atoms with Crippen molar-refractivity contribution in [2.45, 2.75) is 24.5 Å². The Morgan fingerprint density at radius 3 is 2.65 bits per heavy atom. The van der Waals surface area contributed by atoms with Crippen LogP contribution in [0.5, 0.6) is 0 Å². The molecule has 0 aliphatic carbocycles. The molecule has 4 heteroatoms. The molecule has 2 aromatic carbocycles. The van der Waals surface area contributed by atoms with Gasteiger partial charge in [0.2, 0.25) is 5.91 Å². The molecule has 0 spiro atoms. The van der Waals surface area contributed by atoms with Gasteiger partial charge in [-0.3, -0.25) is 9.78 Å². The second-order valence-electron chi connectivity index (χ2n) is 5.45. The Hall–Kier alpha value is -2.33. The van der Waals surface area contributed by atoms with Crippen LogP contribution in [-0.2, 0) is 10.5 Å². The normalized spacial score (nSPS) is 10.7. The molecule has 0 atom stereocenters. The van der Waals surface area contributed by atoms with E-state index in [9.17, 15) is 4.79 Å². The van der Waals surface area contributed by atoms with Gasteiger partial charge in [0.05, 0.1) is 5.52 Å². The Labute approximate surface area is 140 Å². The maximum atomic E-state index is 11.3. The van der Waals surface area contributed by atoms with Gasteiger partial charge in [0.15, 0.2) is 0 Å². The van der Waals surface area contributed by atoms with Gasteiger partial charge in [0.1, 0.15) is 0 Å². The lowest BCUT2D eigenvalue weighted by Crippen LogP contribution is -2.05. The Balaban J connectivity index is 1.95. The average molecular weight is 322 g/mol. The first-order chi connectivity index (χ1) is 11.1. The summed E-state index contributed by atoms with van der Waals surface area (Å²) in [5.41, 5.74) is 4.05. The molecule has 3 rings (SSSR count). The Bertz CT molecular complexity index is 847. The number of carbonyl (C=O) groups is 1. The zero-order valence-electron chi connectivity index (χ0n) is 13.2. The standard InChI is InChI=1S/C19H18N2OS/c1-13-10-19(23-12-15-6-4-3-5-7-15)17-11-16(21-14(2)22)8-9-18(17)20-13/h3-11H,12H2,1-2H3,(H,21,22). The quantitative estimate of drug-likeness (QED) is 0.702. The molecule has 0 aliphatic rings. The molecule has 1 N–H and O–H groups in total. The molecule has 1 heterocycles. The number of thioether (sulfide) groups is 1. The summed E-state index contributed by atoms with van der Waals surface area (Å²) < 4.78 is 0. The monoisotopic (exact) mass is 322 g/mol. The summed E-state index contributed by atoms with van der Waals surface area (Å²) in [5, 5.41) is 3.91. The Kier molecular flexibility index (Phi) is 4.63. The second-order valence-corrected chi connectivity index (χ2v) is 6.47. The van der Waals surface area contributed by atoms with Crippen LogP contribution in [0.4, 0.5) is 5.69 Å². The summed E-state index contributed by atoms with van der Waals surface area (Å²) in [7, 11) is 0. The van der Waals surface area contributed by atoms with Gasteiger partial charge in [0.25, 0.3) is 0 Å². The summed E-state index contributed by atoms with van der Waals surface area (Å²) in [6.07, 6.45) is 0. The molecule has 3 aromatic rings. The minimum atomic E-state index is -0.0668. The van der Waals surface area contributed by atoms with Crippen molar-refractivity contribution < 1.29 is 4.79 Å². The van der Waals surface area contributed by atoms with Crippen molar-refractivity contribution in [1.82, 2.24) is 4.98 Å². The molecule has 3 nitrogen and oxygen atoms in total. The third-order valence-corrected chi connectivity index (χ3v) is 4.58. The zero-order valence-corrected chi connectivity index (χ0v) is 14.0. The van der Waals surface area contributed by atoms with E-state index in [4.69, 9.17) is 0 Å². The minimum Gasteiger partial charge on any atom is -0.326 e. The third-order valence-electron chi connectivity index (χ3n) is 3.46. The highest BCUT2D eigenvalue weighted by Crippen LogP contribution is 2.32. The van der Waals surface area contributed by atoms with Crippen molar-refractivity contribution in [2.75, 3.05) is 5.32 Å². The van der Waals surface area contributed by atoms with Gasteiger partial charge >= 0.3 is 0 Å². The average Bonchev–Trinajstić information content (AvgIpc) is 2.53. The van der Waals surface area contributed by atoms with E-state index in [2.05, 4.69) is 40.6 Å². The number of anilines is 1. The summed E-state index contributed by atoms with van der Waals surface area (Å²) in [5.74, 6) is 0.840. The van der Waals surface area contributed by atoms with Crippen molar-refractivity contribution in [3.8, 4) is 0 Å². The SMILES string of the molecule is CC(=O)Nc1ccc2nc(C)cc(SCc3ccccc3)c2c1. The summed E-state index contributed by atoms with van der Waals surface area (Å²) in [4.78, 5) is 17.0. The first-order valence-electron chi connectivity index (χ1n) is 7.47. The van der Waals surface area contributed by atoms with Crippen molar-refractivity contribution >= 4 is 34.3 Å². The van der Waals surface area contributed by atoms with Crippen LogP contribution < -0.4 is 5.32 Å². The summed E-state index contributed by atoms with van der Waals surface area (Å²) >= 11 is 1.79. The van der Waals surface area contributed by atoms with E-state index in [1.807, 2.05) is 31.2 Å². The fraction of sp³-hybridized carbons (Fsp3) is 0.158. The van der Waals surface area contributed by atoms with Crippen LogP contribution in [0.2, 0.25) is 0 Å². The Morgan fingerprint density at radius 1 is 1.13 bits per heavy atom. The number of hydrogen-bond donors (Lipinski definition) is 1. The number of pyridine rings is 1. The van der Waals surface area contributed by atoms with Gasteiger partial charge < -0.3 is 5.32 Å². The van der Waals surface area contributed by atoms with E-state index < -0.39 is 0 Å². The number of carbonyl (C=O) groups excluding carboxylic acids is 1. The van der Waals surface area contributed by atoms with Gasteiger partial charge in [0, 0.05) is 34.3 Å². The molecule has 0 unspecified atom stereocenters. The number of aryl methyl sites for hydroxylation is 1. The molecule has 0 bridgehead atoms. The predicted molar refractivity (Wildman–Crippen MR) is 96.8 cm³/mol. The van der Waals surface area contributed by atoms with Crippen LogP contribution in [0, 0.1) is 6.92 Å². The summed E-state index contributed by atoms with van der Waals surface area (Å²) in [6, 6.07) is 18.4. The van der Waals surface area contributed by atoms with Gasteiger partial charge in [-0.1, -0.05) is 30.3 Å². The fourth-order valence-electron chi connectivity index (χ4n) is 2.46. The molecule has 0 radical (unpaired) electrons. The number of nitrogens with zero attached hydrogens (tertiary/aromatic N) is 1. The molecule has 1 amide bonds. The first-order valence-corrected chi connectivity index (χ1v) is 8.46. The van der Waals surface area contributed by atoms with E-state index in [0.29, 0.717) is 0 Å². The Morgan fingerprint density at radius 2 is 1.91 bits per heavy atom. The molecule has 116 valence electrons. The third kappa shape index (κ3) is 3.90. The smallest absolute Gasteiger partial charge is 0.221 e.